The van der Waals surface area contributed by atoms with E-state index in [1.165, 1.54) is 36.8 Å². The van der Waals surface area contributed by atoms with E-state index in [0.29, 0.717) is 13.2 Å². The Morgan fingerprint density at radius 1 is 1.17 bits per heavy atom. The van der Waals surface area contributed by atoms with Crippen molar-refractivity contribution < 1.29 is 9.47 Å². The first-order valence-electron chi connectivity index (χ1n) is 6.87. The SMILES string of the molecule is Cc1c(C2(CN)CCCC2)ccc2c1OCCO2. The average molecular weight is 247 g/mol. The maximum Gasteiger partial charge on any atom is 0.164 e. The van der Waals surface area contributed by atoms with Gasteiger partial charge in [0.15, 0.2) is 11.5 Å². The van der Waals surface area contributed by atoms with Crippen LogP contribution < -0.4 is 15.2 Å². The summed E-state index contributed by atoms with van der Waals surface area (Å²) in [6, 6.07) is 4.24. The van der Waals surface area contributed by atoms with Crippen LogP contribution in [0.3, 0.4) is 0 Å². The molecule has 1 aromatic carbocycles. The molecular weight excluding hydrogens is 226 g/mol. The number of ether oxygens (including phenoxy) is 2. The molecule has 3 nitrogen and oxygen atoms in total. The van der Waals surface area contributed by atoms with E-state index in [0.717, 1.165) is 18.0 Å². The van der Waals surface area contributed by atoms with E-state index in [4.69, 9.17) is 15.2 Å². The third kappa shape index (κ3) is 1.69. The van der Waals surface area contributed by atoms with Gasteiger partial charge in [-0.05, 0) is 37.0 Å². The van der Waals surface area contributed by atoms with E-state index in [2.05, 4.69) is 13.0 Å². The molecule has 0 aromatic heterocycles. The monoisotopic (exact) mass is 247 g/mol. The molecule has 1 aliphatic heterocycles. The smallest absolute Gasteiger partial charge is 0.164 e. The number of nitrogens with two attached hydrogens (primary N) is 1. The Bertz CT molecular complexity index is 450. The summed E-state index contributed by atoms with van der Waals surface area (Å²) in [5.74, 6) is 1.81. The van der Waals surface area contributed by atoms with Gasteiger partial charge in [0, 0.05) is 12.0 Å². The summed E-state index contributed by atoms with van der Waals surface area (Å²) in [4.78, 5) is 0. The third-order valence-corrected chi connectivity index (χ3v) is 4.48. The van der Waals surface area contributed by atoms with Crippen LogP contribution in [0.25, 0.3) is 0 Å². The molecule has 0 amide bonds. The zero-order valence-electron chi connectivity index (χ0n) is 11.0. The van der Waals surface area contributed by atoms with Gasteiger partial charge in [0.2, 0.25) is 0 Å². The lowest BCUT2D eigenvalue weighted by molar-refractivity contribution is 0.170. The highest BCUT2D eigenvalue weighted by Gasteiger charge is 2.36. The molecule has 0 radical (unpaired) electrons. The molecule has 2 aliphatic rings. The molecule has 3 heteroatoms. The van der Waals surface area contributed by atoms with E-state index in [1.54, 1.807) is 0 Å². The van der Waals surface area contributed by atoms with E-state index < -0.39 is 0 Å². The van der Waals surface area contributed by atoms with Crippen LogP contribution in [-0.4, -0.2) is 19.8 Å². The lowest BCUT2D eigenvalue weighted by Crippen LogP contribution is -2.33. The molecule has 3 rings (SSSR count). The normalized spacial score (nSPS) is 21.0. The highest BCUT2D eigenvalue weighted by atomic mass is 16.6. The molecule has 98 valence electrons. The van der Waals surface area contributed by atoms with Gasteiger partial charge >= 0.3 is 0 Å². The summed E-state index contributed by atoms with van der Waals surface area (Å²) in [6.45, 7) is 4.16. The highest BCUT2D eigenvalue weighted by Crippen LogP contribution is 2.46. The second kappa shape index (κ2) is 4.47. The van der Waals surface area contributed by atoms with Crippen LogP contribution in [0.5, 0.6) is 11.5 Å². The molecule has 1 saturated carbocycles. The minimum Gasteiger partial charge on any atom is -0.486 e. The van der Waals surface area contributed by atoms with Crippen molar-refractivity contribution in [3.05, 3.63) is 23.3 Å². The fourth-order valence-corrected chi connectivity index (χ4v) is 3.46. The van der Waals surface area contributed by atoms with Crippen LogP contribution in [-0.2, 0) is 5.41 Å². The Kier molecular flexibility index (Phi) is 2.94. The van der Waals surface area contributed by atoms with Crippen molar-refractivity contribution in [1.82, 2.24) is 0 Å². The standard InChI is InChI=1S/C15H21NO2/c1-11-12(15(10-16)6-2-3-7-15)4-5-13-14(11)18-9-8-17-13/h4-5H,2-3,6-10,16H2,1H3. The number of benzene rings is 1. The molecule has 0 saturated heterocycles. The Morgan fingerprint density at radius 3 is 2.61 bits per heavy atom. The summed E-state index contributed by atoms with van der Waals surface area (Å²) in [7, 11) is 0. The van der Waals surface area contributed by atoms with Crippen molar-refractivity contribution in [2.45, 2.75) is 38.0 Å². The summed E-state index contributed by atoms with van der Waals surface area (Å²) in [5, 5.41) is 0. The predicted molar refractivity (Wildman–Crippen MR) is 71.4 cm³/mol. The van der Waals surface area contributed by atoms with Crippen LogP contribution >= 0.6 is 0 Å². The summed E-state index contributed by atoms with van der Waals surface area (Å²) in [6.07, 6.45) is 4.96. The summed E-state index contributed by atoms with van der Waals surface area (Å²) in [5.41, 5.74) is 8.83. The molecule has 1 aliphatic carbocycles. The van der Waals surface area contributed by atoms with Crippen molar-refractivity contribution in [3.63, 3.8) is 0 Å². The fourth-order valence-electron chi connectivity index (χ4n) is 3.46. The molecule has 0 unspecified atom stereocenters. The van der Waals surface area contributed by atoms with Crippen molar-refractivity contribution >= 4 is 0 Å². The highest BCUT2D eigenvalue weighted by molar-refractivity contribution is 5.53. The Hall–Kier alpha value is -1.22. The topological polar surface area (TPSA) is 44.5 Å². The van der Waals surface area contributed by atoms with Gasteiger partial charge < -0.3 is 15.2 Å². The predicted octanol–water partition coefficient (Wildman–Crippen LogP) is 2.54. The molecule has 1 fully saturated rings. The maximum atomic E-state index is 6.07. The number of fused-ring (bicyclic) bond motifs is 1. The Labute approximate surface area is 108 Å². The molecule has 0 spiro atoms. The molecule has 2 N–H and O–H groups in total. The van der Waals surface area contributed by atoms with E-state index in [-0.39, 0.29) is 5.41 Å². The maximum absolute atomic E-state index is 6.07. The van der Waals surface area contributed by atoms with Crippen LogP contribution in [0.4, 0.5) is 0 Å². The number of hydrogen-bond donors (Lipinski definition) is 1. The van der Waals surface area contributed by atoms with Crippen LogP contribution in [0.2, 0.25) is 0 Å². The van der Waals surface area contributed by atoms with Gasteiger partial charge in [-0.15, -0.1) is 0 Å². The summed E-state index contributed by atoms with van der Waals surface area (Å²) >= 11 is 0. The summed E-state index contributed by atoms with van der Waals surface area (Å²) < 4.78 is 11.4. The van der Waals surface area contributed by atoms with Crippen LogP contribution in [0, 0.1) is 6.92 Å². The molecule has 0 bridgehead atoms. The Morgan fingerprint density at radius 2 is 1.89 bits per heavy atom. The third-order valence-electron chi connectivity index (χ3n) is 4.48. The van der Waals surface area contributed by atoms with Crippen molar-refractivity contribution in [3.8, 4) is 11.5 Å². The Balaban J connectivity index is 2.07. The first-order valence-corrected chi connectivity index (χ1v) is 6.87. The second-order valence-corrected chi connectivity index (χ2v) is 5.45. The minimum absolute atomic E-state index is 0.167. The van der Waals surface area contributed by atoms with Crippen LogP contribution in [0.1, 0.15) is 36.8 Å². The zero-order valence-corrected chi connectivity index (χ0v) is 11.0. The fraction of sp³-hybridized carbons (Fsp3) is 0.600. The number of hydrogen-bond acceptors (Lipinski definition) is 3. The van der Waals surface area contributed by atoms with Crippen LogP contribution in [0.15, 0.2) is 12.1 Å². The molecular formula is C15H21NO2. The van der Waals surface area contributed by atoms with Gasteiger partial charge in [0.05, 0.1) is 0 Å². The second-order valence-electron chi connectivity index (χ2n) is 5.45. The van der Waals surface area contributed by atoms with Gasteiger partial charge in [-0.1, -0.05) is 18.9 Å². The van der Waals surface area contributed by atoms with Crippen molar-refractivity contribution in [1.29, 1.82) is 0 Å². The molecule has 18 heavy (non-hydrogen) atoms. The van der Waals surface area contributed by atoms with Crippen molar-refractivity contribution in [2.75, 3.05) is 19.8 Å². The van der Waals surface area contributed by atoms with E-state index in [1.807, 2.05) is 6.07 Å². The molecule has 0 atom stereocenters. The van der Waals surface area contributed by atoms with Gasteiger partial charge in [-0.2, -0.15) is 0 Å². The lowest BCUT2D eigenvalue weighted by atomic mass is 9.76. The average Bonchev–Trinajstić information content (AvgIpc) is 2.89. The van der Waals surface area contributed by atoms with Crippen molar-refractivity contribution in [2.24, 2.45) is 5.73 Å². The molecule has 1 heterocycles. The largest absolute Gasteiger partial charge is 0.486 e. The lowest BCUT2D eigenvalue weighted by Gasteiger charge is -2.32. The van der Waals surface area contributed by atoms with Gasteiger partial charge in [-0.25, -0.2) is 0 Å². The first kappa shape index (κ1) is 11.8. The van der Waals surface area contributed by atoms with Gasteiger partial charge in [-0.3, -0.25) is 0 Å². The van der Waals surface area contributed by atoms with Gasteiger partial charge in [0.25, 0.3) is 0 Å². The zero-order chi connectivity index (χ0) is 12.6. The van der Waals surface area contributed by atoms with Gasteiger partial charge in [0.1, 0.15) is 13.2 Å². The quantitative estimate of drug-likeness (QED) is 0.873. The van der Waals surface area contributed by atoms with E-state index >= 15 is 0 Å². The first-order chi connectivity index (χ1) is 8.77. The molecule has 1 aromatic rings. The number of rotatable bonds is 2. The minimum atomic E-state index is 0.167. The van der Waals surface area contributed by atoms with E-state index in [9.17, 15) is 0 Å².